The molecule has 30 heavy (non-hydrogen) atoms. The molecule has 3 heterocycles. The van der Waals surface area contributed by atoms with Crippen molar-refractivity contribution in [3.8, 4) is 5.69 Å². The number of anilines is 1. The molecule has 7 heteroatoms. The Balaban J connectivity index is 0.00000218. The Morgan fingerprint density at radius 3 is 2.33 bits per heavy atom. The van der Waals surface area contributed by atoms with Gasteiger partial charge in [0, 0.05) is 60.8 Å². The van der Waals surface area contributed by atoms with Crippen LogP contribution in [-0.2, 0) is 0 Å². The van der Waals surface area contributed by atoms with Gasteiger partial charge in [-0.2, -0.15) is 0 Å². The highest BCUT2D eigenvalue weighted by molar-refractivity contribution is 6.04. The van der Waals surface area contributed by atoms with Gasteiger partial charge in [-0.25, -0.2) is 4.99 Å². The molecule has 0 bridgehead atoms. The summed E-state index contributed by atoms with van der Waals surface area (Å²) in [7, 11) is 0. The summed E-state index contributed by atoms with van der Waals surface area (Å²) in [5.41, 5.74) is 9.50. The Hall–Kier alpha value is -3.25. The number of halogens is 1. The van der Waals surface area contributed by atoms with Crippen LogP contribution in [0.15, 0.2) is 78.0 Å². The van der Waals surface area contributed by atoms with Crippen LogP contribution in [0.1, 0.15) is 28.8 Å². The fourth-order valence-corrected chi connectivity index (χ4v) is 4.17. The van der Waals surface area contributed by atoms with E-state index in [1.807, 2.05) is 82.5 Å². The van der Waals surface area contributed by atoms with Crippen molar-refractivity contribution in [2.24, 2.45) is 10.7 Å². The van der Waals surface area contributed by atoms with Gasteiger partial charge in [0.1, 0.15) is 11.5 Å². The molecule has 1 aromatic heterocycles. The molecule has 154 valence electrons. The predicted octanol–water partition coefficient (Wildman–Crippen LogP) is 3.66. The largest absolute Gasteiger partial charge is 0.383 e. The van der Waals surface area contributed by atoms with Gasteiger partial charge in [0.2, 0.25) is 0 Å². The smallest absolute Gasteiger partial charge is 0.253 e. The fraction of sp³-hybridized carbons (Fsp3) is 0.217. The third-order valence-corrected chi connectivity index (χ3v) is 5.80. The minimum absolute atomic E-state index is 0. The van der Waals surface area contributed by atoms with Gasteiger partial charge >= 0.3 is 0 Å². The van der Waals surface area contributed by atoms with E-state index in [0.29, 0.717) is 24.5 Å². The molecule has 2 aliphatic heterocycles. The van der Waals surface area contributed by atoms with Crippen LogP contribution in [0, 0.1) is 0 Å². The summed E-state index contributed by atoms with van der Waals surface area (Å²) < 4.78 is 2.02. The van der Waals surface area contributed by atoms with Crippen molar-refractivity contribution in [1.29, 1.82) is 0 Å². The molecule has 0 aliphatic carbocycles. The average Bonchev–Trinajstić information content (AvgIpc) is 3.29. The van der Waals surface area contributed by atoms with Crippen LogP contribution in [0.25, 0.3) is 5.69 Å². The number of para-hydroxylation sites is 1. The molecule has 1 amide bonds. The highest BCUT2D eigenvalue weighted by Gasteiger charge is 2.38. The molecule has 6 nitrogen and oxygen atoms in total. The molecule has 1 spiro atoms. The fourth-order valence-electron chi connectivity index (χ4n) is 4.17. The first-order valence-electron chi connectivity index (χ1n) is 9.89. The van der Waals surface area contributed by atoms with Gasteiger partial charge in [-0.05, 0) is 48.5 Å². The van der Waals surface area contributed by atoms with Gasteiger partial charge < -0.3 is 20.5 Å². The lowest BCUT2D eigenvalue weighted by molar-refractivity contribution is 0.0685. The summed E-state index contributed by atoms with van der Waals surface area (Å²) >= 11 is 0. The number of rotatable bonds is 2. The van der Waals surface area contributed by atoms with Gasteiger partial charge in [-0.15, -0.1) is 12.4 Å². The lowest BCUT2D eigenvalue weighted by Crippen LogP contribution is -2.52. The lowest BCUT2D eigenvalue weighted by atomic mass is 9.93. The Morgan fingerprint density at radius 1 is 0.967 bits per heavy atom. The highest BCUT2D eigenvalue weighted by Crippen LogP contribution is 2.34. The number of amides is 1. The molecular weight excluding hydrogens is 398 g/mol. The number of carbonyl (C=O) groups is 1. The third-order valence-electron chi connectivity index (χ3n) is 5.80. The number of nitrogens with zero attached hydrogens (tertiary/aromatic N) is 3. The highest BCUT2D eigenvalue weighted by atomic mass is 35.5. The van der Waals surface area contributed by atoms with E-state index in [9.17, 15) is 4.79 Å². The zero-order valence-corrected chi connectivity index (χ0v) is 17.3. The molecule has 2 aliphatic rings. The number of nitrogens with one attached hydrogen (secondary N) is 1. The third kappa shape index (κ3) is 3.55. The standard InChI is InChI=1S/C23H23N5O.ClH/c24-21-19-5-1-2-6-20(19)25-23(26-21)11-15-28(16-12-23)22(29)17-7-9-18(10-8-17)27-13-3-4-14-27;/h1-10,13-14,25H,11-12,15-16H2,(H2,24,26);1H. The molecule has 2 aromatic carbocycles. The van der Waals surface area contributed by atoms with Crippen molar-refractivity contribution in [2.75, 3.05) is 18.4 Å². The second-order valence-corrected chi connectivity index (χ2v) is 7.63. The second kappa shape index (κ2) is 7.88. The Morgan fingerprint density at radius 2 is 1.63 bits per heavy atom. The Labute approximate surface area is 181 Å². The first-order chi connectivity index (χ1) is 14.1. The van der Waals surface area contributed by atoms with Crippen LogP contribution < -0.4 is 11.1 Å². The van der Waals surface area contributed by atoms with E-state index in [4.69, 9.17) is 10.7 Å². The van der Waals surface area contributed by atoms with Gasteiger partial charge in [0.15, 0.2) is 0 Å². The summed E-state index contributed by atoms with van der Waals surface area (Å²) in [5, 5.41) is 3.56. The van der Waals surface area contributed by atoms with E-state index >= 15 is 0 Å². The number of carbonyl (C=O) groups excluding carboxylic acids is 1. The van der Waals surface area contributed by atoms with Crippen LogP contribution in [0.5, 0.6) is 0 Å². The molecule has 0 radical (unpaired) electrons. The molecule has 0 atom stereocenters. The molecule has 3 N–H and O–H groups in total. The number of benzene rings is 2. The molecule has 1 fully saturated rings. The first kappa shape index (κ1) is 20.0. The van der Waals surface area contributed by atoms with E-state index in [1.54, 1.807) is 0 Å². The van der Waals surface area contributed by atoms with Crippen LogP contribution in [0.2, 0.25) is 0 Å². The van der Waals surface area contributed by atoms with E-state index < -0.39 is 5.66 Å². The number of aliphatic imine (C=N–C) groups is 1. The normalized spacial score (nSPS) is 16.8. The van der Waals surface area contributed by atoms with E-state index in [-0.39, 0.29) is 18.3 Å². The zero-order chi connectivity index (χ0) is 19.8. The van der Waals surface area contributed by atoms with Crippen LogP contribution in [-0.4, -0.2) is 40.0 Å². The summed E-state index contributed by atoms with van der Waals surface area (Å²) in [6.45, 7) is 1.29. The molecule has 0 saturated carbocycles. The van der Waals surface area contributed by atoms with Crippen molar-refractivity contribution >= 4 is 29.8 Å². The monoisotopic (exact) mass is 421 g/mol. The molecule has 3 aromatic rings. The number of nitrogens with two attached hydrogens (primary N) is 1. The first-order valence-corrected chi connectivity index (χ1v) is 9.89. The Kier molecular flexibility index (Phi) is 5.26. The van der Waals surface area contributed by atoms with E-state index in [1.165, 1.54) is 0 Å². The summed E-state index contributed by atoms with van der Waals surface area (Å²) in [5.74, 6) is 0.631. The molecule has 5 rings (SSSR count). The van der Waals surface area contributed by atoms with E-state index in [0.717, 1.165) is 29.8 Å². The Bertz CT molecular complexity index is 1070. The van der Waals surface area contributed by atoms with Crippen LogP contribution in [0.4, 0.5) is 5.69 Å². The predicted molar refractivity (Wildman–Crippen MR) is 122 cm³/mol. The average molecular weight is 422 g/mol. The zero-order valence-electron chi connectivity index (χ0n) is 16.5. The molecule has 0 unspecified atom stereocenters. The SMILES string of the molecule is Cl.NC1=NC2(CCN(C(=O)c3ccc(-n4cccc4)cc3)CC2)Nc2ccccc21. The van der Waals surface area contributed by atoms with Crippen molar-refractivity contribution in [1.82, 2.24) is 9.47 Å². The number of aromatic nitrogens is 1. The molecular formula is C23H24ClN5O. The van der Waals surface area contributed by atoms with Crippen molar-refractivity contribution in [2.45, 2.75) is 18.5 Å². The summed E-state index contributed by atoms with van der Waals surface area (Å²) in [6, 6.07) is 19.7. The van der Waals surface area contributed by atoms with Crippen LogP contribution in [0.3, 0.4) is 0 Å². The van der Waals surface area contributed by atoms with Gasteiger partial charge in [-0.3, -0.25) is 4.79 Å². The summed E-state index contributed by atoms with van der Waals surface area (Å²) in [6.07, 6.45) is 5.44. The minimum atomic E-state index is -0.423. The van der Waals surface area contributed by atoms with Crippen molar-refractivity contribution in [3.05, 3.63) is 84.2 Å². The quantitative estimate of drug-likeness (QED) is 0.663. The minimum Gasteiger partial charge on any atom is -0.383 e. The maximum Gasteiger partial charge on any atom is 0.253 e. The maximum absolute atomic E-state index is 13.0. The lowest BCUT2D eigenvalue weighted by Gasteiger charge is -2.42. The number of hydrogen-bond acceptors (Lipinski definition) is 4. The molecule has 1 saturated heterocycles. The van der Waals surface area contributed by atoms with Gasteiger partial charge in [-0.1, -0.05) is 12.1 Å². The summed E-state index contributed by atoms with van der Waals surface area (Å²) in [4.78, 5) is 19.6. The van der Waals surface area contributed by atoms with E-state index in [2.05, 4.69) is 5.32 Å². The van der Waals surface area contributed by atoms with Gasteiger partial charge in [0.25, 0.3) is 5.91 Å². The number of likely N-dealkylation sites (tertiary alicyclic amines) is 1. The van der Waals surface area contributed by atoms with Crippen molar-refractivity contribution < 1.29 is 4.79 Å². The number of amidine groups is 1. The number of hydrogen-bond donors (Lipinski definition) is 2. The van der Waals surface area contributed by atoms with Crippen LogP contribution >= 0.6 is 12.4 Å². The van der Waals surface area contributed by atoms with Crippen molar-refractivity contribution in [3.63, 3.8) is 0 Å². The maximum atomic E-state index is 13.0. The second-order valence-electron chi connectivity index (χ2n) is 7.63. The number of piperidine rings is 1. The van der Waals surface area contributed by atoms with Gasteiger partial charge in [0.05, 0.1) is 0 Å². The topological polar surface area (TPSA) is 75.6 Å². The number of fused-ring (bicyclic) bond motifs is 1.